The Morgan fingerprint density at radius 1 is 1.62 bits per heavy atom. The molecule has 13 heavy (non-hydrogen) atoms. The molecule has 0 bridgehead atoms. The topological polar surface area (TPSA) is 37.3 Å². The fourth-order valence-electron chi connectivity index (χ4n) is 0.989. The van der Waals surface area contributed by atoms with E-state index in [1.54, 1.807) is 18.2 Å². The second-order valence-electron chi connectivity index (χ2n) is 2.54. The first kappa shape index (κ1) is 10.4. The number of thioether (sulfide) groups is 1. The highest BCUT2D eigenvalue weighted by Crippen LogP contribution is 2.26. The van der Waals surface area contributed by atoms with Crippen molar-refractivity contribution in [1.82, 2.24) is 0 Å². The van der Waals surface area contributed by atoms with Crippen LogP contribution in [0.5, 0.6) is 0 Å². The maximum Gasteiger partial charge on any atom is 0.307 e. The summed E-state index contributed by atoms with van der Waals surface area (Å²) in [7, 11) is 0. The zero-order chi connectivity index (χ0) is 9.84. The van der Waals surface area contributed by atoms with Gasteiger partial charge in [0, 0.05) is 4.90 Å². The molecule has 0 fully saturated rings. The van der Waals surface area contributed by atoms with Gasteiger partial charge in [-0.05, 0) is 24.0 Å². The molecule has 0 aromatic heterocycles. The molecule has 0 amide bonds. The Labute approximate surface area is 85.9 Å². The first-order valence-electron chi connectivity index (χ1n) is 3.67. The van der Waals surface area contributed by atoms with E-state index in [1.807, 2.05) is 6.26 Å². The summed E-state index contributed by atoms with van der Waals surface area (Å²) in [6, 6.07) is 5.27. The van der Waals surface area contributed by atoms with E-state index >= 15 is 0 Å². The lowest BCUT2D eigenvalue weighted by Crippen LogP contribution is -1.99. The van der Waals surface area contributed by atoms with Gasteiger partial charge in [-0.1, -0.05) is 17.7 Å². The second kappa shape index (κ2) is 4.53. The molecular formula is C9H9ClO2S. The van der Waals surface area contributed by atoms with E-state index in [2.05, 4.69) is 0 Å². The molecule has 70 valence electrons. The molecule has 1 aromatic carbocycles. The van der Waals surface area contributed by atoms with Crippen LogP contribution in [0, 0.1) is 0 Å². The van der Waals surface area contributed by atoms with Crippen molar-refractivity contribution in [2.24, 2.45) is 0 Å². The summed E-state index contributed by atoms with van der Waals surface area (Å²) in [4.78, 5) is 11.3. The zero-order valence-corrected chi connectivity index (χ0v) is 8.65. The van der Waals surface area contributed by atoms with Gasteiger partial charge < -0.3 is 5.11 Å². The molecule has 0 heterocycles. The molecule has 0 saturated carbocycles. The van der Waals surface area contributed by atoms with Gasteiger partial charge in [-0.3, -0.25) is 4.79 Å². The number of rotatable bonds is 3. The van der Waals surface area contributed by atoms with Gasteiger partial charge in [-0.2, -0.15) is 0 Å². The minimum atomic E-state index is -0.825. The van der Waals surface area contributed by atoms with Gasteiger partial charge in [0.05, 0.1) is 11.4 Å². The molecule has 0 spiro atoms. The van der Waals surface area contributed by atoms with Crippen LogP contribution in [0.1, 0.15) is 5.56 Å². The Balaban J connectivity index is 2.92. The third-order valence-corrected chi connectivity index (χ3v) is 2.79. The Morgan fingerprint density at radius 2 is 2.31 bits per heavy atom. The van der Waals surface area contributed by atoms with Crippen molar-refractivity contribution in [3.63, 3.8) is 0 Å². The molecule has 1 rings (SSSR count). The van der Waals surface area contributed by atoms with Crippen molar-refractivity contribution in [3.8, 4) is 0 Å². The summed E-state index contributed by atoms with van der Waals surface area (Å²) in [5.74, 6) is -0.825. The van der Waals surface area contributed by atoms with Crippen LogP contribution in [0.3, 0.4) is 0 Å². The first-order valence-corrected chi connectivity index (χ1v) is 5.28. The predicted octanol–water partition coefficient (Wildman–Crippen LogP) is 2.69. The maximum absolute atomic E-state index is 10.4. The number of carboxylic acid groups (broad SMARTS) is 1. The summed E-state index contributed by atoms with van der Waals surface area (Å²) in [5, 5.41) is 9.23. The predicted molar refractivity (Wildman–Crippen MR) is 54.6 cm³/mol. The normalized spacial score (nSPS) is 10.0. The van der Waals surface area contributed by atoms with Crippen LogP contribution < -0.4 is 0 Å². The molecule has 1 N–H and O–H groups in total. The van der Waals surface area contributed by atoms with E-state index in [0.29, 0.717) is 5.02 Å². The summed E-state index contributed by atoms with van der Waals surface area (Å²) < 4.78 is 0. The quantitative estimate of drug-likeness (QED) is 0.790. The van der Waals surface area contributed by atoms with Crippen molar-refractivity contribution in [2.45, 2.75) is 11.3 Å². The van der Waals surface area contributed by atoms with Gasteiger partial charge in [0.1, 0.15) is 0 Å². The van der Waals surface area contributed by atoms with Gasteiger partial charge in [0.15, 0.2) is 0 Å². The monoisotopic (exact) mass is 216 g/mol. The molecule has 0 radical (unpaired) electrons. The highest BCUT2D eigenvalue weighted by molar-refractivity contribution is 7.98. The first-order chi connectivity index (χ1) is 6.13. The molecule has 0 saturated heterocycles. The van der Waals surface area contributed by atoms with Crippen LogP contribution >= 0.6 is 23.4 Å². The standard InChI is InChI=1S/C9H9ClO2S/c1-13-8-4-6(5-9(11)12)2-3-7(8)10/h2-4H,5H2,1H3,(H,11,12). The largest absolute Gasteiger partial charge is 0.481 e. The van der Waals surface area contributed by atoms with Crippen molar-refractivity contribution in [2.75, 3.05) is 6.26 Å². The fourth-order valence-corrected chi connectivity index (χ4v) is 1.87. The summed E-state index contributed by atoms with van der Waals surface area (Å²) in [5.41, 5.74) is 0.779. The number of hydrogen-bond acceptors (Lipinski definition) is 2. The molecule has 4 heteroatoms. The lowest BCUT2D eigenvalue weighted by atomic mass is 10.1. The van der Waals surface area contributed by atoms with E-state index in [4.69, 9.17) is 16.7 Å². The number of halogens is 1. The van der Waals surface area contributed by atoms with Crippen molar-refractivity contribution in [1.29, 1.82) is 0 Å². The highest BCUT2D eigenvalue weighted by Gasteiger charge is 2.03. The summed E-state index contributed by atoms with van der Waals surface area (Å²) in [6.07, 6.45) is 1.95. The summed E-state index contributed by atoms with van der Waals surface area (Å²) in [6.45, 7) is 0. The van der Waals surface area contributed by atoms with Crippen LogP contribution in [0.15, 0.2) is 23.1 Å². The fraction of sp³-hybridized carbons (Fsp3) is 0.222. The number of aliphatic carboxylic acids is 1. The number of carboxylic acids is 1. The number of hydrogen-bond donors (Lipinski definition) is 1. The third-order valence-electron chi connectivity index (χ3n) is 1.57. The Morgan fingerprint density at radius 3 is 2.85 bits per heavy atom. The smallest absolute Gasteiger partial charge is 0.307 e. The highest BCUT2D eigenvalue weighted by atomic mass is 35.5. The second-order valence-corrected chi connectivity index (χ2v) is 3.79. The minimum Gasteiger partial charge on any atom is -0.481 e. The van der Waals surface area contributed by atoms with E-state index in [-0.39, 0.29) is 6.42 Å². The Bertz CT molecular complexity index is 325. The molecule has 1 aromatic rings. The molecular weight excluding hydrogens is 208 g/mol. The van der Waals surface area contributed by atoms with Crippen molar-refractivity contribution >= 4 is 29.3 Å². The van der Waals surface area contributed by atoms with E-state index in [0.717, 1.165) is 10.5 Å². The van der Waals surface area contributed by atoms with Gasteiger partial charge in [-0.15, -0.1) is 11.8 Å². The summed E-state index contributed by atoms with van der Waals surface area (Å²) >= 11 is 7.38. The molecule has 0 unspecified atom stereocenters. The maximum atomic E-state index is 10.4. The minimum absolute atomic E-state index is 0.0464. The van der Waals surface area contributed by atoms with E-state index in [1.165, 1.54) is 11.8 Å². The van der Waals surface area contributed by atoms with Gasteiger partial charge in [0.25, 0.3) is 0 Å². The lowest BCUT2D eigenvalue weighted by molar-refractivity contribution is -0.136. The van der Waals surface area contributed by atoms with Crippen molar-refractivity contribution < 1.29 is 9.90 Å². The van der Waals surface area contributed by atoms with Crippen molar-refractivity contribution in [3.05, 3.63) is 28.8 Å². The Kier molecular flexibility index (Phi) is 3.63. The average Bonchev–Trinajstić information content (AvgIpc) is 2.07. The zero-order valence-electron chi connectivity index (χ0n) is 7.08. The third kappa shape index (κ3) is 2.94. The van der Waals surface area contributed by atoms with Crippen LogP contribution in [-0.2, 0) is 11.2 Å². The van der Waals surface area contributed by atoms with Gasteiger partial charge in [-0.25, -0.2) is 0 Å². The molecule has 0 atom stereocenters. The lowest BCUT2D eigenvalue weighted by Gasteiger charge is -2.02. The van der Waals surface area contributed by atoms with E-state index in [9.17, 15) is 4.79 Å². The van der Waals surface area contributed by atoms with Crippen LogP contribution in [-0.4, -0.2) is 17.3 Å². The molecule has 0 aliphatic heterocycles. The molecule has 0 aliphatic carbocycles. The van der Waals surface area contributed by atoms with Crippen LogP contribution in [0.25, 0.3) is 0 Å². The SMILES string of the molecule is CSc1cc(CC(=O)O)ccc1Cl. The van der Waals surface area contributed by atoms with Gasteiger partial charge in [0.2, 0.25) is 0 Å². The van der Waals surface area contributed by atoms with Gasteiger partial charge >= 0.3 is 5.97 Å². The molecule has 0 aliphatic rings. The average molecular weight is 217 g/mol. The number of benzene rings is 1. The van der Waals surface area contributed by atoms with E-state index < -0.39 is 5.97 Å². The number of carbonyl (C=O) groups is 1. The Hall–Kier alpha value is -0.670. The van der Waals surface area contributed by atoms with Crippen LogP contribution in [0.2, 0.25) is 5.02 Å². The van der Waals surface area contributed by atoms with Crippen LogP contribution in [0.4, 0.5) is 0 Å². The molecule has 2 nitrogen and oxygen atoms in total.